The minimum atomic E-state index is -0.791. The highest BCUT2D eigenvalue weighted by atomic mass is 16.5. The molecule has 514 valence electrons. The van der Waals surface area contributed by atoms with Gasteiger partial charge in [-0.2, -0.15) is 0 Å². The summed E-state index contributed by atoms with van der Waals surface area (Å²) in [5.41, 5.74) is 29.9. The van der Waals surface area contributed by atoms with Gasteiger partial charge in [0.1, 0.15) is 28.8 Å². The zero-order valence-electron chi connectivity index (χ0n) is 59.7. The van der Waals surface area contributed by atoms with Gasteiger partial charge in [-0.15, -0.1) is 0 Å². The summed E-state index contributed by atoms with van der Waals surface area (Å²) >= 11 is 0. The summed E-state index contributed by atoms with van der Waals surface area (Å²) in [6.45, 7) is 0. The Morgan fingerprint density at radius 2 is 0.673 bits per heavy atom. The van der Waals surface area contributed by atoms with E-state index in [9.17, 15) is 0 Å². The Balaban J connectivity index is 0.676. The molecule has 0 bridgehead atoms. The SMILES string of the molecule is C1=C(c2ccccc2-c2ccc3c(c2)C2(c4ccccc4Oc4c(-c5cccc(-c6cc(-c7ccc8ccccc8c7)nc(-c7ccccc7)n6)c5)cccc42)c2ccccc2-3)N=C(c2ccc(-c3ccccc3)cc2)NC1c1cccc(-c2cccc3c2Oc2ccccc2C32c3ccccc3-c3ccccc32)c1. The molecule has 3 aliphatic heterocycles. The fourth-order valence-corrected chi connectivity index (χ4v) is 18.4. The van der Waals surface area contributed by atoms with Crippen molar-refractivity contribution in [1.29, 1.82) is 0 Å². The Morgan fingerprint density at radius 3 is 1.31 bits per heavy atom. The fourth-order valence-electron chi connectivity index (χ4n) is 18.4. The summed E-state index contributed by atoms with van der Waals surface area (Å²) in [5.74, 6) is 4.79. The van der Waals surface area contributed by atoms with Crippen molar-refractivity contribution in [2.75, 3.05) is 0 Å². The van der Waals surface area contributed by atoms with Gasteiger partial charge in [0, 0.05) is 61.2 Å². The molecule has 1 aromatic heterocycles. The molecule has 1 N–H and O–H groups in total. The van der Waals surface area contributed by atoms with Crippen LogP contribution in [0.5, 0.6) is 23.0 Å². The minimum Gasteiger partial charge on any atom is -0.456 e. The van der Waals surface area contributed by atoms with E-state index in [4.69, 9.17) is 24.4 Å². The third-order valence-corrected chi connectivity index (χ3v) is 23.3. The number of fused-ring (bicyclic) bond motifs is 19. The lowest BCUT2D eigenvalue weighted by atomic mass is 9.65. The smallest absolute Gasteiger partial charge is 0.160 e. The largest absolute Gasteiger partial charge is 0.456 e. The normalized spacial score (nSPS) is 15.4. The van der Waals surface area contributed by atoms with Crippen LogP contribution in [0.2, 0.25) is 0 Å². The van der Waals surface area contributed by atoms with Gasteiger partial charge < -0.3 is 14.8 Å². The zero-order valence-corrected chi connectivity index (χ0v) is 59.7. The molecular formula is C104H66N4O2. The molecule has 0 fully saturated rings. The predicted octanol–water partition coefficient (Wildman–Crippen LogP) is 25.4. The molecule has 2 unspecified atom stereocenters. The first-order chi connectivity index (χ1) is 54.5. The molecule has 0 saturated carbocycles. The first kappa shape index (κ1) is 63.0. The average Bonchev–Trinajstić information content (AvgIpc) is 1.48. The van der Waals surface area contributed by atoms with E-state index in [1.165, 1.54) is 49.9 Å². The summed E-state index contributed by atoms with van der Waals surface area (Å²) in [7, 11) is 0. The first-order valence-electron chi connectivity index (χ1n) is 37.7. The van der Waals surface area contributed by atoms with E-state index in [-0.39, 0.29) is 6.04 Å². The number of para-hydroxylation sites is 4. The van der Waals surface area contributed by atoms with E-state index in [1.807, 2.05) is 18.2 Å². The summed E-state index contributed by atoms with van der Waals surface area (Å²) in [4.78, 5) is 16.3. The highest BCUT2D eigenvalue weighted by Gasteiger charge is 2.53. The Kier molecular flexibility index (Phi) is 14.4. The summed E-state index contributed by atoms with van der Waals surface area (Å²) in [6, 6.07) is 138. The molecule has 2 atom stereocenters. The predicted molar refractivity (Wildman–Crippen MR) is 446 cm³/mol. The maximum Gasteiger partial charge on any atom is 0.160 e. The molecule has 22 rings (SSSR count). The van der Waals surface area contributed by atoms with Crippen molar-refractivity contribution in [2.45, 2.75) is 16.9 Å². The van der Waals surface area contributed by atoms with Crippen molar-refractivity contribution in [3.05, 3.63) is 449 Å². The summed E-state index contributed by atoms with van der Waals surface area (Å²) in [6.07, 6.45) is 2.32. The molecule has 6 nitrogen and oxygen atoms in total. The van der Waals surface area contributed by atoms with Crippen molar-refractivity contribution >= 4 is 22.3 Å². The van der Waals surface area contributed by atoms with Gasteiger partial charge in [-0.3, -0.25) is 0 Å². The van der Waals surface area contributed by atoms with Crippen LogP contribution in [0.1, 0.15) is 67.2 Å². The monoisotopic (exact) mass is 1400 g/mol. The minimum absolute atomic E-state index is 0.302. The Bertz CT molecular complexity index is 6670. The topological polar surface area (TPSA) is 68.6 Å². The van der Waals surface area contributed by atoms with Crippen molar-refractivity contribution in [2.24, 2.45) is 4.99 Å². The number of nitrogens with zero attached hydrogens (tertiary/aromatic N) is 3. The van der Waals surface area contributed by atoms with Crippen LogP contribution in [0, 0.1) is 0 Å². The number of amidine groups is 1. The van der Waals surface area contributed by atoms with E-state index in [2.05, 4.69) is 375 Å². The van der Waals surface area contributed by atoms with Crippen LogP contribution in [-0.2, 0) is 10.8 Å². The molecule has 110 heavy (non-hydrogen) atoms. The molecule has 2 spiro atoms. The maximum atomic E-state index is 7.40. The molecule has 2 aliphatic carbocycles. The van der Waals surface area contributed by atoms with Crippen LogP contribution >= 0.6 is 0 Å². The second-order valence-corrected chi connectivity index (χ2v) is 29.2. The van der Waals surface area contributed by atoms with Crippen LogP contribution in [0.3, 0.4) is 0 Å². The molecular weight excluding hydrogens is 1340 g/mol. The Hall–Kier alpha value is -14.3. The van der Waals surface area contributed by atoms with Crippen LogP contribution in [-0.4, -0.2) is 15.8 Å². The van der Waals surface area contributed by atoms with E-state index >= 15 is 0 Å². The first-order valence-corrected chi connectivity index (χ1v) is 37.7. The van der Waals surface area contributed by atoms with Gasteiger partial charge >= 0.3 is 0 Å². The van der Waals surface area contributed by atoms with E-state index in [0.29, 0.717) is 5.82 Å². The molecule has 0 amide bonds. The molecule has 0 saturated heterocycles. The lowest BCUT2D eigenvalue weighted by Crippen LogP contribution is -2.32. The number of nitrogens with one attached hydrogen (secondary N) is 1. The van der Waals surface area contributed by atoms with Gasteiger partial charge in [-0.25, -0.2) is 15.0 Å². The summed E-state index contributed by atoms with van der Waals surface area (Å²) in [5, 5.41) is 6.34. The number of hydrogen-bond acceptors (Lipinski definition) is 6. The van der Waals surface area contributed by atoms with Crippen LogP contribution in [0.4, 0.5) is 0 Å². The standard InChI is InChI=1S/C104H66N4O2/c1-3-25-65(26-4-1)67-51-54-69(55-52-67)102-107-95(75-34-22-32-72(61-75)78-40-23-47-90-99(78)109-97-49-19-17-45-88(97)103(90)85-42-14-11-36-80(85)81-37-12-15-43-86(81)103)64-96(108-102)84-39-10-9-35-77(84)73-57-58-83-82-38-13-16-44-87(82)104(92(83)62-73)89-46-18-20-50-98(89)110-100-79(41-24-48-91(100)104)71-31-21-33-74(60-71)93-63-94(106-101(105-93)68-28-5-2-6-29-68)76-56-53-66-27-7-8-30-70(66)59-76/h1-64,95H,(H,107,108). The molecule has 17 aromatic rings. The number of rotatable bonds is 10. The van der Waals surface area contributed by atoms with Gasteiger partial charge in [-0.05, 0) is 143 Å². The molecule has 5 aliphatic rings. The van der Waals surface area contributed by atoms with Gasteiger partial charge in [0.25, 0.3) is 0 Å². The zero-order chi connectivity index (χ0) is 72.4. The van der Waals surface area contributed by atoms with Crippen molar-refractivity contribution in [1.82, 2.24) is 15.3 Å². The van der Waals surface area contributed by atoms with Crippen LogP contribution in [0.25, 0.3) is 117 Å². The number of aliphatic imine (C=N–C) groups is 1. The second-order valence-electron chi connectivity index (χ2n) is 29.2. The second kappa shape index (κ2) is 25.2. The highest BCUT2D eigenvalue weighted by Crippen LogP contribution is 2.66. The van der Waals surface area contributed by atoms with Gasteiger partial charge in [0.2, 0.25) is 0 Å². The van der Waals surface area contributed by atoms with E-state index in [0.717, 1.165) is 151 Å². The lowest BCUT2D eigenvalue weighted by molar-refractivity contribution is 0.438. The number of ether oxygens (including phenoxy) is 2. The number of benzene rings is 16. The molecule has 0 radical (unpaired) electrons. The van der Waals surface area contributed by atoms with E-state index < -0.39 is 10.8 Å². The van der Waals surface area contributed by atoms with E-state index in [1.54, 1.807) is 0 Å². The van der Waals surface area contributed by atoms with Crippen LogP contribution in [0.15, 0.2) is 393 Å². The Labute approximate surface area is 638 Å². The maximum absolute atomic E-state index is 7.40. The molecule has 16 aromatic carbocycles. The highest BCUT2D eigenvalue weighted by molar-refractivity contribution is 6.05. The summed E-state index contributed by atoms with van der Waals surface area (Å²) < 4.78 is 14.7. The quantitative estimate of drug-likeness (QED) is 0.148. The molecule has 6 heteroatoms. The van der Waals surface area contributed by atoms with Crippen molar-refractivity contribution in [3.63, 3.8) is 0 Å². The van der Waals surface area contributed by atoms with Crippen molar-refractivity contribution < 1.29 is 9.47 Å². The van der Waals surface area contributed by atoms with Crippen LogP contribution < -0.4 is 14.8 Å². The molecule has 4 heterocycles. The van der Waals surface area contributed by atoms with Gasteiger partial charge in [0.05, 0.1) is 34.0 Å². The fraction of sp³-hybridized carbons (Fsp3) is 0.0288. The third-order valence-electron chi connectivity index (χ3n) is 23.3. The van der Waals surface area contributed by atoms with Gasteiger partial charge in [0.15, 0.2) is 5.82 Å². The van der Waals surface area contributed by atoms with Gasteiger partial charge in [-0.1, -0.05) is 340 Å². The third kappa shape index (κ3) is 9.79. The number of aromatic nitrogens is 2. The number of hydrogen-bond donors (Lipinski definition) is 1. The van der Waals surface area contributed by atoms with Crippen molar-refractivity contribution in [3.8, 4) is 124 Å². The lowest BCUT2D eigenvalue weighted by Gasteiger charge is -2.40. The Morgan fingerprint density at radius 1 is 0.255 bits per heavy atom. The average molecular weight is 1400 g/mol.